The number of rotatable bonds is 6. The Balaban J connectivity index is 1.55. The van der Waals surface area contributed by atoms with Crippen molar-refractivity contribution >= 4 is 29.2 Å². The van der Waals surface area contributed by atoms with Crippen LogP contribution in [-0.4, -0.2) is 20.3 Å². The Morgan fingerprint density at radius 3 is 2.58 bits per heavy atom. The molecule has 0 aliphatic carbocycles. The summed E-state index contributed by atoms with van der Waals surface area (Å²) in [6.07, 6.45) is 0. The van der Waals surface area contributed by atoms with Crippen LogP contribution in [-0.2, 0) is 13.2 Å². The summed E-state index contributed by atoms with van der Waals surface area (Å²) < 4.78 is 5.73. The monoisotopic (exact) mass is 364 g/mol. The van der Waals surface area contributed by atoms with E-state index >= 15 is 0 Å². The molecule has 7 nitrogen and oxygen atoms in total. The quantitative estimate of drug-likeness (QED) is 0.698. The molecule has 0 aliphatic heterocycles. The summed E-state index contributed by atoms with van der Waals surface area (Å²) in [6.45, 7) is 0.896. The summed E-state index contributed by atoms with van der Waals surface area (Å²) >= 11 is 12.0. The van der Waals surface area contributed by atoms with E-state index in [1.165, 1.54) is 4.79 Å². The van der Waals surface area contributed by atoms with E-state index in [2.05, 4.69) is 21.0 Å². The molecule has 124 valence electrons. The first kappa shape index (κ1) is 16.4. The van der Waals surface area contributed by atoms with Crippen LogP contribution in [0.4, 0.5) is 5.95 Å². The van der Waals surface area contributed by atoms with E-state index in [0.717, 1.165) is 16.9 Å². The molecule has 0 unspecified atom stereocenters. The Morgan fingerprint density at radius 1 is 1.12 bits per heavy atom. The highest BCUT2D eigenvalue weighted by Crippen LogP contribution is 2.22. The van der Waals surface area contributed by atoms with Crippen LogP contribution in [0, 0.1) is 0 Å². The fraction of sp³-hybridized carbons (Fsp3) is 0.133. The molecular weight excluding hydrogens is 351 g/mol. The molecule has 0 atom stereocenters. The molecule has 0 spiro atoms. The van der Waals surface area contributed by atoms with Crippen molar-refractivity contribution in [3.63, 3.8) is 0 Å². The molecule has 3 N–H and O–H groups in total. The molecule has 0 bridgehead atoms. The number of nitrogens with one attached hydrogen (secondary N) is 1. The number of aromatic nitrogens is 4. The van der Waals surface area contributed by atoms with Gasteiger partial charge >= 0.3 is 0 Å². The third-order valence-electron chi connectivity index (χ3n) is 3.26. The van der Waals surface area contributed by atoms with E-state index in [1.54, 1.807) is 12.1 Å². The number of hydrogen-bond donors (Lipinski definition) is 2. The highest BCUT2D eigenvalue weighted by molar-refractivity contribution is 6.35. The van der Waals surface area contributed by atoms with Gasteiger partial charge in [0.2, 0.25) is 0 Å². The summed E-state index contributed by atoms with van der Waals surface area (Å²) in [6, 6.07) is 13.0. The van der Waals surface area contributed by atoms with E-state index in [9.17, 15) is 0 Å². The van der Waals surface area contributed by atoms with E-state index in [4.69, 9.17) is 33.7 Å². The molecule has 1 aromatic heterocycles. The van der Waals surface area contributed by atoms with Crippen LogP contribution in [0.25, 0.3) is 0 Å². The maximum Gasteiger partial charge on any atom is 0.260 e. The van der Waals surface area contributed by atoms with Crippen LogP contribution >= 0.6 is 23.2 Å². The lowest BCUT2D eigenvalue weighted by Gasteiger charge is -2.10. The van der Waals surface area contributed by atoms with Crippen molar-refractivity contribution < 1.29 is 4.74 Å². The van der Waals surface area contributed by atoms with Crippen molar-refractivity contribution in [2.24, 2.45) is 0 Å². The molecule has 2 aromatic carbocycles. The van der Waals surface area contributed by atoms with Gasteiger partial charge in [0.05, 0.1) is 6.54 Å². The number of tetrazole rings is 1. The summed E-state index contributed by atoms with van der Waals surface area (Å²) in [7, 11) is 0. The highest BCUT2D eigenvalue weighted by Gasteiger charge is 2.04. The van der Waals surface area contributed by atoms with E-state index < -0.39 is 0 Å². The number of halogens is 2. The summed E-state index contributed by atoms with van der Waals surface area (Å²) in [4.78, 5) is 1.31. The van der Waals surface area contributed by atoms with Crippen LogP contribution in [0.3, 0.4) is 0 Å². The smallest absolute Gasteiger partial charge is 0.260 e. The van der Waals surface area contributed by atoms with Gasteiger partial charge in [0, 0.05) is 15.6 Å². The fourth-order valence-electron chi connectivity index (χ4n) is 1.98. The second kappa shape index (κ2) is 7.37. The van der Waals surface area contributed by atoms with E-state index in [1.807, 2.05) is 30.3 Å². The number of ether oxygens (including phenoxy) is 1. The zero-order valence-corrected chi connectivity index (χ0v) is 14.0. The average Bonchev–Trinajstić information content (AvgIpc) is 2.98. The Kier molecular flexibility index (Phi) is 5.02. The molecule has 24 heavy (non-hydrogen) atoms. The molecule has 0 aliphatic rings. The lowest BCUT2D eigenvalue weighted by molar-refractivity contribution is 0.306. The predicted molar refractivity (Wildman–Crippen MR) is 92.5 cm³/mol. The topological polar surface area (TPSA) is 90.9 Å². The number of nitrogens with two attached hydrogens (primary N) is 1. The van der Waals surface area contributed by atoms with E-state index in [-0.39, 0.29) is 5.95 Å². The highest BCUT2D eigenvalue weighted by atomic mass is 35.5. The Hall–Kier alpha value is -2.51. The molecule has 0 saturated carbocycles. The number of hydrogen-bond acceptors (Lipinski definition) is 6. The van der Waals surface area contributed by atoms with Gasteiger partial charge in [0.1, 0.15) is 12.4 Å². The number of anilines is 1. The minimum absolute atomic E-state index is 0.204. The lowest BCUT2D eigenvalue weighted by atomic mass is 10.2. The third kappa shape index (κ3) is 4.06. The van der Waals surface area contributed by atoms with Crippen molar-refractivity contribution in [3.8, 4) is 5.75 Å². The predicted octanol–water partition coefficient (Wildman–Crippen LogP) is 2.88. The lowest BCUT2D eigenvalue weighted by Crippen LogP contribution is -2.18. The zero-order chi connectivity index (χ0) is 16.9. The number of benzene rings is 2. The maximum absolute atomic E-state index is 6.12. The minimum Gasteiger partial charge on any atom is -0.489 e. The van der Waals surface area contributed by atoms with Gasteiger partial charge in [0.25, 0.3) is 5.95 Å². The van der Waals surface area contributed by atoms with Crippen LogP contribution in [0.15, 0.2) is 42.5 Å². The number of nitrogen functional groups attached to an aromatic ring is 1. The minimum atomic E-state index is 0.204. The van der Waals surface area contributed by atoms with Crippen LogP contribution in [0.1, 0.15) is 11.1 Å². The van der Waals surface area contributed by atoms with Gasteiger partial charge in [-0.3, -0.25) is 0 Å². The molecule has 3 aromatic rings. The molecule has 9 heteroatoms. The first-order valence-corrected chi connectivity index (χ1v) is 7.81. The number of nitrogens with zero attached hydrogens (tertiary/aromatic N) is 4. The molecule has 0 fully saturated rings. The van der Waals surface area contributed by atoms with Crippen LogP contribution in [0.5, 0.6) is 5.75 Å². The second-order valence-corrected chi connectivity index (χ2v) is 5.80. The summed E-state index contributed by atoms with van der Waals surface area (Å²) in [5.41, 5.74) is 10.5. The van der Waals surface area contributed by atoms with Crippen molar-refractivity contribution in [2.75, 3.05) is 11.2 Å². The maximum atomic E-state index is 6.12. The second-order valence-electron chi connectivity index (χ2n) is 4.95. The molecule has 1 heterocycles. The Morgan fingerprint density at radius 2 is 1.92 bits per heavy atom. The third-order valence-corrected chi connectivity index (χ3v) is 3.85. The average molecular weight is 365 g/mol. The normalized spacial score (nSPS) is 10.6. The molecule has 0 amide bonds. The SMILES string of the molecule is Nc1nnnn1NCc1ccc(OCc2ccc(Cl)cc2Cl)cc1. The largest absolute Gasteiger partial charge is 0.489 e. The first-order chi connectivity index (χ1) is 11.6. The molecule has 0 radical (unpaired) electrons. The molecule has 3 rings (SSSR count). The molecule has 0 saturated heterocycles. The van der Waals surface area contributed by atoms with Crippen LogP contribution in [0.2, 0.25) is 10.0 Å². The van der Waals surface area contributed by atoms with Crippen molar-refractivity contribution in [3.05, 3.63) is 63.6 Å². The van der Waals surface area contributed by atoms with E-state index in [0.29, 0.717) is 23.2 Å². The fourth-order valence-corrected chi connectivity index (χ4v) is 2.44. The summed E-state index contributed by atoms with van der Waals surface area (Å²) in [5.74, 6) is 0.946. The van der Waals surface area contributed by atoms with Gasteiger partial charge in [-0.25, -0.2) is 0 Å². The van der Waals surface area contributed by atoms with Gasteiger partial charge in [-0.2, -0.15) is 0 Å². The van der Waals surface area contributed by atoms with Crippen molar-refractivity contribution in [1.29, 1.82) is 0 Å². The zero-order valence-electron chi connectivity index (χ0n) is 12.5. The Labute approximate surface area is 148 Å². The first-order valence-electron chi connectivity index (χ1n) is 7.05. The van der Waals surface area contributed by atoms with Gasteiger partial charge in [-0.15, -0.1) is 4.79 Å². The Bertz CT molecular complexity index is 821. The van der Waals surface area contributed by atoms with Gasteiger partial charge in [-0.05, 0) is 40.3 Å². The standard InChI is InChI=1S/C15H14Cl2N6O/c16-12-4-3-11(14(17)7-12)9-24-13-5-1-10(2-6-13)8-19-23-15(18)20-21-22-23/h1-7,19H,8-9H2,(H2,18,20,22). The van der Waals surface area contributed by atoms with Crippen molar-refractivity contribution in [2.45, 2.75) is 13.2 Å². The van der Waals surface area contributed by atoms with Gasteiger partial charge in [-0.1, -0.05) is 46.5 Å². The summed E-state index contributed by atoms with van der Waals surface area (Å²) in [5, 5.41) is 11.9. The van der Waals surface area contributed by atoms with Crippen molar-refractivity contribution in [1.82, 2.24) is 20.3 Å². The van der Waals surface area contributed by atoms with Gasteiger partial charge < -0.3 is 15.9 Å². The molecular formula is C15H14Cl2N6O. The van der Waals surface area contributed by atoms with Crippen LogP contribution < -0.4 is 15.9 Å². The van der Waals surface area contributed by atoms with Gasteiger partial charge in [0.15, 0.2) is 0 Å².